The van der Waals surface area contributed by atoms with E-state index in [-0.39, 0.29) is 0 Å². The van der Waals surface area contributed by atoms with Crippen molar-refractivity contribution in [2.24, 2.45) is 17.3 Å². The molecule has 2 bridgehead atoms. The van der Waals surface area contributed by atoms with Gasteiger partial charge < -0.3 is 4.74 Å². The molecule has 1 nitrogen and oxygen atoms in total. The summed E-state index contributed by atoms with van der Waals surface area (Å²) >= 11 is 6.30. The number of hydrogen-bond donors (Lipinski definition) is 0. The average Bonchev–Trinajstić information content (AvgIpc) is 3.06. The lowest BCUT2D eigenvalue weighted by Gasteiger charge is -2.36. The van der Waals surface area contributed by atoms with Crippen LogP contribution in [0.4, 0.5) is 0 Å². The summed E-state index contributed by atoms with van der Waals surface area (Å²) in [4.78, 5) is 0. The van der Waals surface area contributed by atoms with E-state index in [2.05, 4.69) is 24.3 Å². The van der Waals surface area contributed by atoms with Gasteiger partial charge in [-0.15, -0.1) is 11.6 Å². The highest BCUT2D eigenvalue weighted by Crippen LogP contribution is 2.58. The number of alkyl halides is 1. The molecular weight excluding hydrogens is 256 g/mol. The molecule has 2 saturated carbocycles. The number of fused-ring (bicyclic) bond motifs is 2. The van der Waals surface area contributed by atoms with Gasteiger partial charge in [-0.05, 0) is 48.5 Å². The van der Waals surface area contributed by atoms with Crippen LogP contribution in [0, 0.1) is 17.3 Å². The zero-order valence-electron chi connectivity index (χ0n) is 11.5. The third-order valence-corrected chi connectivity index (χ3v) is 5.76. The molecule has 3 rings (SSSR count). The molecule has 2 heteroatoms. The number of benzene rings is 1. The normalized spacial score (nSPS) is 32.9. The van der Waals surface area contributed by atoms with E-state index in [9.17, 15) is 0 Å². The molecule has 2 fully saturated rings. The van der Waals surface area contributed by atoms with Gasteiger partial charge in [-0.25, -0.2) is 0 Å². The van der Waals surface area contributed by atoms with Gasteiger partial charge in [0.05, 0.1) is 6.61 Å². The van der Waals surface area contributed by atoms with E-state index in [0.29, 0.717) is 5.41 Å². The minimum absolute atomic E-state index is 0.390. The standard InChI is InChI=1S/C17H23ClO/c18-13-17(11-15-6-7-16(17)10-15)8-9-19-12-14-4-2-1-3-5-14/h1-5,15-16H,6-13H2. The van der Waals surface area contributed by atoms with Crippen LogP contribution in [-0.2, 0) is 11.3 Å². The summed E-state index contributed by atoms with van der Waals surface area (Å²) < 4.78 is 5.86. The lowest BCUT2D eigenvalue weighted by Crippen LogP contribution is -2.31. The summed E-state index contributed by atoms with van der Waals surface area (Å²) in [5, 5.41) is 0. The van der Waals surface area contributed by atoms with Crippen molar-refractivity contribution in [3.05, 3.63) is 35.9 Å². The predicted molar refractivity (Wildman–Crippen MR) is 79.3 cm³/mol. The van der Waals surface area contributed by atoms with E-state index in [1.807, 2.05) is 6.07 Å². The molecule has 2 aliphatic rings. The molecule has 3 atom stereocenters. The van der Waals surface area contributed by atoms with Gasteiger partial charge in [-0.2, -0.15) is 0 Å². The molecule has 0 amide bonds. The Kier molecular flexibility index (Phi) is 4.14. The van der Waals surface area contributed by atoms with E-state index < -0.39 is 0 Å². The van der Waals surface area contributed by atoms with Crippen LogP contribution in [0.15, 0.2) is 30.3 Å². The van der Waals surface area contributed by atoms with Crippen molar-refractivity contribution in [1.29, 1.82) is 0 Å². The monoisotopic (exact) mass is 278 g/mol. The van der Waals surface area contributed by atoms with Crippen LogP contribution in [0.2, 0.25) is 0 Å². The Morgan fingerprint density at radius 3 is 2.68 bits per heavy atom. The SMILES string of the molecule is ClCC1(CCOCc2ccccc2)CC2CCC1C2. The predicted octanol–water partition coefficient (Wildman–Crippen LogP) is 4.64. The Labute approximate surface area is 121 Å². The summed E-state index contributed by atoms with van der Waals surface area (Å²) in [6.07, 6.45) is 6.75. The second kappa shape index (κ2) is 5.85. The quantitative estimate of drug-likeness (QED) is 0.544. The zero-order valence-corrected chi connectivity index (χ0v) is 12.2. The number of ether oxygens (including phenoxy) is 1. The Bertz CT molecular complexity index is 405. The van der Waals surface area contributed by atoms with E-state index in [1.165, 1.54) is 31.2 Å². The first kappa shape index (κ1) is 13.5. The molecule has 0 spiro atoms. The van der Waals surface area contributed by atoms with Crippen LogP contribution >= 0.6 is 11.6 Å². The maximum Gasteiger partial charge on any atom is 0.0716 e. The lowest BCUT2D eigenvalue weighted by molar-refractivity contribution is 0.0670. The van der Waals surface area contributed by atoms with Gasteiger partial charge in [-0.3, -0.25) is 0 Å². The number of halogens is 1. The van der Waals surface area contributed by atoms with Crippen molar-refractivity contribution >= 4 is 11.6 Å². The highest BCUT2D eigenvalue weighted by atomic mass is 35.5. The molecule has 0 radical (unpaired) electrons. The highest BCUT2D eigenvalue weighted by molar-refractivity contribution is 6.18. The fourth-order valence-corrected chi connectivity index (χ4v) is 4.60. The fraction of sp³-hybridized carbons (Fsp3) is 0.647. The molecule has 2 aliphatic carbocycles. The molecule has 3 unspecified atom stereocenters. The summed E-state index contributed by atoms with van der Waals surface area (Å²) in [7, 11) is 0. The van der Waals surface area contributed by atoms with Crippen LogP contribution in [0.1, 0.15) is 37.7 Å². The smallest absolute Gasteiger partial charge is 0.0716 e. The van der Waals surface area contributed by atoms with Crippen LogP contribution in [0.25, 0.3) is 0 Å². The first-order chi connectivity index (χ1) is 9.32. The van der Waals surface area contributed by atoms with Crippen LogP contribution in [0.5, 0.6) is 0 Å². The molecule has 104 valence electrons. The molecule has 0 aromatic heterocycles. The first-order valence-corrected chi connectivity index (χ1v) is 8.03. The van der Waals surface area contributed by atoms with Crippen LogP contribution < -0.4 is 0 Å². The second-order valence-corrected chi connectivity index (χ2v) is 6.63. The minimum atomic E-state index is 0.390. The summed E-state index contributed by atoms with van der Waals surface area (Å²) in [6, 6.07) is 10.4. The van der Waals surface area contributed by atoms with Gasteiger partial charge in [0.25, 0.3) is 0 Å². The van der Waals surface area contributed by atoms with Gasteiger partial charge in [0, 0.05) is 12.5 Å². The Balaban J connectivity index is 1.47. The summed E-state index contributed by atoms with van der Waals surface area (Å²) in [5.41, 5.74) is 1.65. The van der Waals surface area contributed by atoms with Gasteiger partial charge in [0.1, 0.15) is 0 Å². The number of hydrogen-bond acceptors (Lipinski definition) is 1. The van der Waals surface area contributed by atoms with Gasteiger partial charge in [0.15, 0.2) is 0 Å². The molecular formula is C17H23ClO. The minimum Gasteiger partial charge on any atom is -0.377 e. The topological polar surface area (TPSA) is 9.23 Å². The molecule has 1 aromatic rings. The molecule has 0 saturated heterocycles. The van der Waals surface area contributed by atoms with Crippen molar-refractivity contribution in [1.82, 2.24) is 0 Å². The Hall–Kier alpha value is -0.530. The van der Waals surface area contributed by atoms with Gasteiger partial charge in [0.2, 0.25) is 0 Å². The van der Waals surface area contributed by atoms with E-state index >= 15 is 0 Å². The van der Waals surface area contributed by atoms with Gasteiger partial charge >= 0.3 is 0 Å². The molecule has 0 N–H and O–H groups in total. The lowest BCUT2D eigenvalue weighted by atomic mass is 9.72. The van der Waals surface area contributed by atoms with Crippen molar-refractivity contribution in [2.45, 2.75) is 38.7 Å². The fourth-order valence-electron chi connectivity index (χ4n) is 4.13. The summed E-state index contributed by atoms with van der Waals surface area (Å²) in [6.45, 7) is 1.58. The molecule has 0 heterocycles. The van der Waals surface area contributed by atoms with E-state index in [1.54, 1.807) is 0 Å². The van der Waals surface area contributed by atoms with E-state index in [0.717, 1.165) is 37.4 Å². The first-order valence-electron chi connectivity index (χ1n) is 7.50. The Morgan fingerprint density at radius 1 is 1.21 bits per heavy atom. The van der Waals surface area contributed by atoms with Crippen LogP contribution in [-0.4, -0.2) is 12.5 Å². The van der Waals surface area contributed by atoms with Crippen molar-refractivity contribution in [3.8, 4) is 0 Å². The van der Waals surface area contributed by atoms with Crippen LogP contribution in [0.3, 0.4) is 0 Å². The van der Waals surface area contributed by atoms with Crippen molar-refractivity contribution in [3.63, 3.8) is 0 Å². The maximum absolute atomic E-state index is 6.30. The third-order valence-electron chi connectivity index (χ3n) is 5.22. The average molecular weight is 279 g/mol. The highest BCUT2D eigenvalue weighted by Gasteiger charge is 2.49. The zero-order chi connectivity index (χ0) is 13.1. The summed E-state index contributed by atoms with van der Waals surface area (Å²) in [5.74, 6) is 2.65. The Morgan fingerprint density at radius 2 is 2.05 bits per heavy atom. The third kappa shape index (κ3) is 2.83. The number of rotatable bonds is 6. The maximum atomic E-state index is 6.30. The molecule has 19 heavy (non-hydrogen) atoms. The molecule has 0 aliphatic heterocycles. The van der Waals surface area contributed by atoms with Crippen molar-refractivity contribution < 1.29 is 4.74 Å². The molecule has 1 aromatic carbocycles. The van der Waals surface area contributed by atoms with E-state index in [4.69, 9.17) is 16.3 Å². The second-order valence-electron chi connectivity index (χ2n) is 6.36. The largest absolute Gasteiger partial charge is 0.377 e. The van der Waals surface area contributed by atoms with Gasteiger partial charge in [-0.1, -0.05) is 36.8 Å². The van der Waals surface area contributed by atoms with Crippen molar-refractivity contribution in [2.75, 3.05) is 12.5 Å².